The molecule has 2 aliphatic carbocycles. The highest BCUT2D eigenvalue weighted by Gasteiger charge is 2.41. The smallest absolute Gasteiger partial charge is 0.321 e. The van der Waals surface area contributed by atoms with Crippen molar-refractivity contribution in [3.05, 3.63) is 22.3 Å². The van der Waals surface area contributed by atoms with Crippen LogP contribution in [0.5, 0.6) is 0 Å². The quantitative estimate of drug-likeness (QED) is 0.538. The molecule has 0 N–H and O–H groups in total. The van der Waals surface area contributed by atoms with Gasteiger partial charge in [-0.3, -0.25) is 9.36 Å². The Kier molecular flexibility index (Phi) is 4.57. The van der Waals surface area contributed by atoms with Crippen LogP contribution in [-0.2, 0) is 22.4 Å². The van der Waals surface area contributed by atoms with Crippen LogP contribution in [0.15, 0.2) is 11.5 Å². The molecular weight excluding hydrogens is 392 g/mol. The molecule has 1 fully saturated rings. The van der Waals surface area contributed by atoms with Crippen molar-refractivity contribution in [3.8, 4) is 5.00 Å². The molecule has 0 saturated heterocycles. The van der Waals surface area contributed by atoms with Crippen molar-refractivity contribution in [1.29, 1.82) is 0 Å². The van der Waals surface area contributed by atoms with Crippen molar-refractivity contribution in [2.24, 2.45) is 0 Å². The zero-order chi connectivity index (χ0) is 19.4. The lowest BCUT2D eigenvalue weighted by Gasteiger charge is -2.24. The highest BCUT2D eigenvalue weighted by atomic mass is 32.2. The molecule has 27 heavy (non-hydrogen) atoms. The fourth-order valence-electron chi connectivity index (χ4n) is 3.43. The van der Waals surface area contributed by atoms with E-state index in [1.54, 1.807) is 31.5 Å². The van der Waals surface area contributed by atoms with Crippen LogP contribution in [0.1, 0.15) is 55.0 Å². The number of hydrogen-bond acceptors (Lipinski definition) is 6. The Morgan fingerprint density at radius 3 is 2.81 bits per heavy atom. The molecule has 9 heteroatoms. The van der Waals surface area contributed by atoms with Gasteiger partial charge in [0.05, 0.1) is 7.11 Å². The van der Waals surface area contributed by atoms with E-state index in [9.17, 15) is 13.6 Å². The Morgan fingerprint density at radius 1 is 1.41 bits per heavy atom. The molecule has 5 nitrogen and oxygen atoms in total. The van der Waals surface area contributed by atoms with Crippen LogP contribution in [0.3, 0.4) is 0 Å². The third-order valence-electron chi connectivity index (χ3n) is 5.01. The molecule has 0 atom stereocenters. The first kappa shape index (κ1) is 18.9. The van der Waals surface area contributed by atoms with E-state index in [1.807, 2.05) is 4.57 Å². The number of thiophene rings is 1. The number of hydrogen-bond donors (Lipinski definition) is 0. The number of thioether (sulfide) groups is 1. The third kappa shape index (κ3) is 3.51. The number of methoxy groups -OCH3 is 1. The van der Waals surface area contributed by atoms with E-state index in [4.69, 9.17) is 4.74 Å². The Hall–Kier alpha value is -1.48. The number of carbonyl (C=O) groups excluding carboxylic acids is 1. The lowest BCUT2D eigenvalue weighted by Crippen LogP contribution is -2.29. The minimum absolute atomic E-state index is 0.133. The van der Waals surface area contributed by atoms with Crippen LogP contribution >= 0.6 is 23.1 Å². The van der Waals surface area contributed by atoms with Crippen molar-refractivity contribution < 1.29 is 18.3 Å². The summed E-state index contributed by atoms with van der Waals surface area (Å²) in [6, 6.07) is 0. The van der Waals surface area contributed by atoms with E-state index < -0.39 is 10.7 Å². The molecule has 2 aromatic heterocycles. The molecule has 0 unspecified atom stereocenters. The molecule has 0 amide bonds. The van der Waals surface area contributed by atoms with Crippen LogP contribution in [0.25, 0.3) is 5.00 Å². The molecule has 0 aliphatic heterocycles. The van der Waals surface area contributed by atoms with Gasteiger partial charge in [0.15, 0.2) is 5.16 Å². The monoisotopic (exact) mass is 413 g/mol. The summed E-state index contributed by atoms with van der Waals surface area (Å²) >= 11 is 2.84. The van der Waals surface area contributed by atoms with E-state index in [2.05, 4.69) is 10.2 Å². The first-order valence-electron chi connectivity index (χ1n) is 8.92. The number of alkyl halides is 2. The number of fused-ring (bicyclic) bond motifs is 1. The molecule has 0 bridgehead atoms. The van der Waals surface area contributed by atoms with E-state index in [0.29, 0.717) is 17.5 Å². The maximum Gasteiger partial charge on any atom is 0.321 e. The average molecular weight is 414 g/mol. The lowest BCUT2D eigenvalue weighted by molar-refractivity contribution is -0.142. The molecular formula is C18H21F2N3O2S2. The summed E-state index contributed by atoms with van der Waals surface area (Å²) in [6.07, 6.45) is 3.78. The summed E-state index contributed by atoms with van der Waals surface area (Å²) in [5.74, 6) is -2.58. The molecule has 0 spiro atoms. The van der Waals surface area contributed by atoms with Crippen LogP contribution in [-0.4, -0.2) is 38.5 Å². The predicted octanol–water partition coefficient (Wildman–Crippen LogP) is 4.37. The first-order chi connectivity index (χ1) is 12.7. The van der Waals surface area contributed by atoms with Crippen molar-refractivity contribution in [1.82, 2.24) is 14.8 Å². The lowest BCUT2D eigenvalue weighted by atomic mass is 9.89. The van der Waals surface area contributed by atoms with Gasteiger partial charge in [-0.1, -0.05) is 11.8 Å². The maximum absolute atomic E-state index is 14.0. The van der Waals surface area contributed by atoms with Gasteiger partial charge in [-0.25, -0.2) is 8.78 Å². The van der Waals surface area contributed by atoms with Crippen molar-refractivity contribution >= 4 is 29.1 Å². The third-order valence-corrected chi connectivity index (χ3v) is 7.58. The summed E-state index contributed by atoms with van der Waals surface area (Å²) in [6.45, 7) is 3.53. The molecule has 1 saturated carbocycles. The molecule has 0 aromatic carbocycles. The SMILES string of the molecule is COC(=O)C(C)(C)Sc1nncn1-c1sc(C2CC2)c2c1CCC(F)(F)C2. The van der Waals surface area contributed by atoms with E-state index in [-0.39, 0.29) is 18.8 Å². The second-order valence-electron chi connectivity index (χ2n) is 7.62. The van der Waals surface area contributed by atoms with Gasteiger partial charge in [-0.15, -0.1) is 21.5 Å². The van der Waals surface area contributed by atoms with Crippen LogP contribution < -0.4 is 0 Å². The number of halogens is 2. The number of aromatic nitrogens is 3. The van der Waals surface area contributed by atoms with Crippen LogP contribution in [0.4, 0.5) is 8.78 Å². The zero-order valence-electron chi connectivity index (χ0n) is 15.4. The largest absolute Gasteiger partial charge is 0.468 e. The van der Waals surface area contributed by atoms with Crippen molar-refractivity contribution in [2.45, 2.75) is 67.7 Å². The Balaban J connectivity index is 1.74. The zero-order valence-corrected chi connectivity index (χ0v) is 17.1. The summed E-state index contributed by atoms with van der Waals surface area (Å²) in [4.78, 5) is 13.1. The molecule has 4 rings (SSSR count). The minimum atomic E-state index is -2.63. The number of carbonyl (C=O) groups is 1. The fourth-order valence-corrected chi connectivity index (χ4v) is 5.95. The maximum atomic E-state index is 14.0. The second-order valence-corrected chi connectivity index (χ2v) is 10.2. The minimum Gasteiger partial charge on any atom is -0.468 e. The van der Waals surface area contributed by atoms with Gasteiger partial charge in [0, 0.05) is 17.7 Å². The standard InChI is InChI=1S/C18H21F2N3O2S2/c1-17(2,15(24)25-3)27-16-22-21-9-23(16)14-11-6-7-18(19,20)8-12(11)13(26-14)10-4-5-10/h9-10H,4-8H2,1-3H3. The van der Waals surface area contributed by atoms with Gasteiger partial charge in [0.1, 0.15) is 16.1 Å². The van der Waals surface area contributed by atoms with Gasteiger partial charge in [-0.2, -0.15) is 0 Å². The van der Waals surface area contributed by atoms with E-state index in [0.717, 1.165) is 33.8 Å². The van der Waals surface area contributed by atoms with Crippen molar-refractivity contribution in [3.63, 3.8) is 0 Å². The van der Waals surface area contributed by atoms with Gasteiger partial charge >= 0.3 is 5.97 Å². The topological polar surface area (TPSA) is 57.0 Å². The highest BCUT2D eigenvalue weighted by Crippen LogP contribution is 2.51. The Labute approximate surface area is 164 Å². The number of ether oxygens (including phenoxy) is 1. The Morgan fingerprint density at radius 2 is 2.15 bits per heavy atom. The number of esters is 1. The fraction of sp³-hybridized carbons (Fsp3) is 0.611. The van der Waals surface area contributed by atoms with Gasteiger partial charge in [0.25, 0.3) is 5.92 Å². The van der Waals surface area contributed by atoms with E-state index in [1.165, 1.54) is 18.9 Å². The van der Waals surface area contributed by atoms with Gasteiger partial charge in [-0.05, 0) is 50.2 Å². The molecule has 2 aromatic rings. The molecule has 146 valence electrons. The average Bonchev–Trinajstić information content (AvgIpc) is 3.24. The molecule has 0 radical (unpaired) electrons. The summed E-state index contributed by atoms with van der Waals surface area (Å²) in [7, 11) is 1.35. The normalized spacial score (nSPS) is 19.0. The van der Waals surface area contributed by atoms with Gasteiger partial charge in [0.2, 0.25) is 0 Å². The van der Waals surface area contributed by atoms with Crippen LogP contribution in [0, 0.1) is 0 Å². The number of nitrogens with zero attached hydrogens (tertiary/aromatic N) is 3. The molecule has 2 heterocycles. The van der Waals surface area contributed by atoms with Crippen molar-refractivity contribution in [2.75, 3.05) is 7.11 Å². The van der Waals surface area contributed by atoms with E-state index >= 15 is 0 Å². The first-order valence-corrected chi connectivity index (χ1v) is 10.6. The summed E-state index contributed by atoms with van der Waals surface area (Å²) in [5, 5.41) is 9.66. The highest BCUT2D eigenvalue weighted by molar-refractivity contribution is 8.01. The summed E-state index contributed by atoms with van der Waals surface area (Å²) < 4.78 is 34.0. The Bertz CT molecular complexity index is 887. The second kappa shape index (κ2) is 6.55. The molecule has 2 aliphatic rings. The predicted molar refractivity (Wildman–Crippen MR) is 100 cm³/mol. The van der Waals surface area contributed by atoms with Gasteiger partial charge < -0.3 is 4.74 Å². The van der Waals surface area contributed by atoms with Crippen LogP contribution in [0.2, 0.25) is 0 Å². The summed E-state index contributed by atoms with van der Waals surface area (Å²) in [5.41, 5.74) is 1.82. The number of rotatable bonds is 5.